The first-order chi connectivity index (χ1) is 13.2. The summed E-state index contributed by atoms with van der Waals surface area (Å²) in [7, 11) is 0. The minimum Gasteiger partial charge on any atom is -0.372 e. The van der Waals surface area contributed by atoms with Crippen molar-refractivity contribution < 1.29 is 0 Å². The van der Waals surface area contributed by atoms with Crippen LogP contribution in [-0.2, 0) is 0 Å². The molecule has 0 aliphatic carbocycles. The van der Waals surface area contributed by atoms with Gasteiger partial charge in [0.2, 0.25) is 5.95 Å². The lowest BCUT2D eigenvalue weighted by atomic mass is 10.2. The first-order valence-electron chi connectivity index (χ1n) is 8.94. The highest BCUT2D eigenvalue weighted by Crippen LogP contribution is 2.21. The van der Waals surface area contributed by atoms with Crippen molar-refractivity contribution in [2.24, 2.45) is 0 Å². The van der Waals surface area contributed by atoms with Crippen LogP contribution < -0.4 is 15.5 Å². The number of hydrogen-bond donors (Lipinski definition) is 2. The molecule has 0 radical (unpaired) electrons. The molecule has 0 unspecified atom stereocenters. The molecule has 0 fully saturated rings. The molecule has 0 spiro atoms. The van der Waals surface area contributed by atoms with Crippen LogP contribution in [-0.4, -0.2) is 23.1 Å². The number of nitrogens with zero attached hydrogens (tertiary/aromatic N) is 4. The highest BCUT2D eigenvalue weighted by molar-refractivity contribution is 5.62. The molecule has 0 aliphatic heterocycles. The van der Waals surface area contributed by atoms with E-state index in [0.29, 0.717) is 17.3 Å². The third-order valence-electron chi connectivity index (χ3n) is 4.19. The van der Waals surface area contributed by atoms with Crippen LogP contribution in [0.5, 0.6) is 0 Å². The van der Waals surface area contributed by atoms with Gasteiger partial charge in [0, 0.05) is 36.3 Å². The topological polar surface area (TPSA) is 76.9 Å². The van der Waals surface area contributed by atoms with E-state index in [4.69, 9.17) is 5.26 Å². The molecule has 0 bridgehead atoms. The summed E-state index contributed by atoms with van der Waals surface area (Å²) in [4.78, 5) is 11.1. The van der Waals surface area contributed by atoms with Gasteiger partial charge >= 0.3 is 0 Å². The SMILES string of the molecule is CCN(CC)c1ccc(Nc2nccc(Nc3ccc(C#N)cc3)n2)cc1. The average Bonchev–Trinajstić information content (AvgIpc) is 2.71. The van der Waals surface area contributed by atoms with Gasteiger partial charge in [0.25, 0.3) is 0 Å². The predicted octanol–water partition coefficient (Wildman–Crippen LogP) is 4.68. The van der Waals surface area contributed by atoms with Gasteiger partial charge in [-0.15, -0.1) is 0 Å². The van der Waals surface area contributed by atoms with Crippen molar-refractivity contribution in [3.05, 3.63) is 66.4 Å². The lowest BCUT2D eigenvalue weighted by molar-refractivity contribution is 0.866. The standard InChI is InChI=1S/C21H22N6/c1-3-27(4-2)19-11-9-18(10-12-19)25-21-23-14-13-20(26-21)24-17-7-5-16(15-22)6-8-17/h5-14H,3-4H2,1-2H3,(H2,23,24,25,26). The average molecular weight is 358 g/mol. The van der Waals surface area contributed by atoms with Crippen LogP contribution in [0.15, 0.2) is 60.8 Å². The van der Waals surface area contributed by atoms with Gasteiger partial charge < -0.3 is 15.5 Å². The summed E-state index contributed by atoms with van der Waals surface area (Å²) in [6, 6.07) is 19.4. The Morgan fingerprint density at radius 3 is 2.15 bits per heavy atom. The van der Waals surface area contributed by atoms with E-state index in [1.807, 2.05) is 24.3 Å². The molecule has 6 nitrogen and oxygen atoms in total. The number of aromatic nitrogens is 2. The zero-order valence-electron chi connectivity index (χ0n) is 15.5. The number of nitriles is 1. The quantitative estimate of drug-likeness (QED) is 0.638. The number of nitrogens with one attached hydrogen (secondary N) is 2. The fourth-order valence-electron chi connectivity index (χ4n) is 2.74. The summed E-state index contributed by atoms with van der Waals surface area (Å²) in [6.07, 6.45) is 1.70. The van der Waals surface area contributed by atoms with E-state index in [1.54, 1.807) is 24.4 Å². The molecule has 0 amide bonds. The van der Waals surface area contributed by atoms with Gasteiger partial charge in [-0.1, -0.05) is 0 Å². The molecule has 3 aromatic rings. The van der Waals surface area contributed by atoms with Gasteiger partial charge in [-0.25, -0.2) is 4.98 Å². The maximum atomic E-state index is 8.87. The van der Waals surface area contributed by atoms with Crippen LogP contribution in [0.2, 0.25) is 0 Å². The fourth-order valence-corrected chi connectivity index (χ4v) is 2.74. The lowest BCUT2D eigenvalue weighted by Gasteiger charge is -2.21. The van der Waals surface area contributed by atoms with E-state index < -0.39 is 0 Å². The number of rotatable bonds is 7. The second kappa shape index (κ2) is 8.68. The van der Waals surface area contributed by atoms with Gasteiger partial charge in [-0.2, -0.15) is 10.2 Å². The molecule has 1 heterocycles. The third-order valence-corrected chi connectivity index (χ3v) is 4.19. The molecule has 136 valence electrons. The van der Waals surface area contributed by atoms with E-state index in [9.17, 15) is 0 Å². The minimum absolute atomic E-state index is 0.518. The maximum absolute atomic E-state index is 8.87. The molecule has 2 N–H and O–H groups in total. The Labute approximate surface area is 159 Å². The van der Waals surface area contributed by atoms with Crippen molar-refractivity contribution in [2.45, 2.75) is 13.8 Å². The van der Waals surface area contributed by atoms with Gasteiger partial charge in [0.1, 0.15) is 5.82 Å². The highest BCUT2D eigenvalue weighted by Gasteiger charge is 2.04. The van der Waals surface area contributed by atoms with Crippen molar-refractivity contribution in [3.63, 3.8) is 0 Å². The summed E-state index contributed by atoms with van der Waals surface area (Å²) < 4.78 is 0. The summed E-state index contributed by atoms with van der Waals surface area (Å²) in [5.74, 6) is 1.20. The van der Waals surface area contributed by atoms with Gasteiger partial charge in [0.15, 0.2) is 0 Å². The van der Waals surface area contributed by atoms with Crippen LogP contribution >= 0.6 is 0 Å². The van der Waals surface area contributed by atoms with Crippen LogP contribution in [0.25, 0.3) is 0 Å². The minimum atomic E-state index is 0.518. The highest BCUT2D eigenvalue weighted by atomic mass is 15.1. The molecular weight excluding hydrogens is 336 g/mol. The third kappa shape index (κ3) is 4.73. The van der Waals surface area contributed by atoms with Gasteiger partial charge in [-0.3, -0.25) is 0 Å². The Hall–Kier alpha value is -3.59. The van der Waals surface area contributed by atoms with Crippen molar-refractivity contribution in [1.82, 2.24) is 9.97 Å². The second-order valence-electron chi connectivity index (χ2n) is 5.92. The van der Waals surface area contributed by atoms with Crippen LogP contribution in [0.4, 0.5) is 28.8 Å². The molecule has 0 atom stereocenters. The molecule has 6 heteroatoms. The molecule has 27 heavy (non-hydrogen) atoms. The van der Waals surface area contributed by atoms with Crippen LogP contribution in [0, 0.1) is 11.3 Å². The second-order valence-corrected chi connectivity index (χ2v) is 5.92. The van der Waals surface area contributed by atoms with Gasteiger partial charge in [-0.05, 0) is 68.4 Å². The molecule has 0 saturated carbocycles. The number of anilines is 5. The molecule has 2 aromatic carbocycles. The Balaban J connectivity index is 1.69. The van der Waals surface area contributed by atoms with E-state index >= 15 is 0 Å². The van der Waals surface area contributed by atoms with Gasteiger partial charge in [0.05, 0.1) is 11.6 Å². The number of hydrogen-bond acceptors (Lipinski definition) is 6. The zero-order valence-corrected chi connectivity index (χ0v) is 15.5. The maximum Gasteiger partial charge on any atom is 0.229 e. The zero-order chi connectivity index (χ0) is 19.1. The Bertz CT molecular complexity index is 909. The van der Waals surface area contributed by atoms with Crippen molar-refractivity contribution in [2.75, 3.05) is 28.6 Å². The van der Waals surface area contributed by atoms with Crippen LogP contribution in [0.3, 0.4) is 0 Å². The molecule has 0 saturated heterocycles. The molecule has 0 aliphatic rings. The summed E-state index contributed by atoms with van der Waals surface area (Å²) >= 11 is 0. The molecule has 3 rings (SSSR count). The Morgan fingerprint density at radius 2 is 1.52 bits per heavy atom. The first kappa shape index (κ1) is 18.2. The molecule has 1 aromatic heterocycles. The van der Waals surface area contributed by atoms with E-state index in [-0.39, 0.29) is 0 Å². The van der Waals surface area contributed by atoms with Crippen molar-refractivity contribution in [1.29, 1.82) is 5.26 Å². The fraction of sp³-hybridized carbons (Fsp3) is 0.190. The van der Waals surface area contributed by atoms with Crippen molar-refractivity contribution in [3.8, 4) is 6.07 Å². The largest absolute Gasteiger partial charge is 0.372 e. The Kier molecular flexibility index (Phi) is 5.85. The van der Waals surface area contributed by atoms with Crippen molar-refractivity contribution >= 4 is 28.8 Å². The number of benzene rings is 2. The van der Waals surface area contributed by atoms with E-state index in [2.05, 4.69) is 57.6 Å². The monoisotopic (exact) mass is 358 g/mol. The smallest absolute Gasteiger partial charge is 0.229 e. The predicted molar refractivity (Wildman–Crippen MR) is 110 cm³/mol. The normalized spacial score (nSPS) is 10.1. The summed E-state index contributed by atoms with van der Waals surface area (Å²) in [5, 5.41) is 15.3. The summed E-state index contributed by atoms with van der Waals surface area (Å²) in [6.45, 7) is 6.26. The Morgan fingerprint density at radius 1 is 0.889 bits per heavy atom. The van der Waals surface area contributed by atoms with E-state index in [1.165, 1.54) is 5.69 Å². The summed E-state index contributed by atoms with van der Waals surface area (Å²) in [5.41, 5.74) is 3.62. The van der Waals surface area contributed by atoms with E-state index in [0.717, 1.165) is 24.5 Å². The molecular formula is C21H22N6. The van der Waals surface area contributed by atoms with Crippen LogP contribution in [0.1, 0.15) is 19.4 Å². The lowest BCUT2D eigenvalue weighted by Crippen LogP contribution is -2.21. The first-order valence-corrected chi connectivity index (χ1v) is 8.94.